The number of nitrogens with zero attached hydrogens (tertiary/aromatic N) is 2. The maximum Gasteiger partial charge on any atom is 0.246 e. The van der Waals surface area contributed by atoms with Crippen molar-refractivity contribution in [3.8, 4) is 5.75 Å². The summed E-state index contributed by atoms with van der Waals surface area (Å²) in [7, 11) is 1.60. The van der Waals surface area contributed by atoms with E-state index in [2.05, 4.69) is 0 Å². The standard InChI is InChI=1S/C20H21ClN2O3/c1-26-17-9-7-16(8-10-17)23-13-12-22(14-20(23)25)19(24)11-6-15-4-2-3-5-18(15)21/h2-5,7-10H,6,11-14H2,1H3. The molecule has 0 atom stereocenters. The van der Waals surface area contributed by atoms with Crippen LogP contribution < -0.4 is 9.64 Å². The lowest BCUT2D eigenvalue weighted by Gasteiger charge is -2.34. The van der Waals surface area contributed by atoms with E-state index in [0.29, 0.717) is 31.0 Å². The molecule has 0 spiro atoms. The van der Waals surface area contributed by atoms with Crippen molar-refractivity contribution in [2.24, 2.45) is 0 Å². The highest BCUT2D eigenvalue weighted by Crippen LogP contribution is 2.22. The Hall–Kier alpha value is -2.53. The van der Waals surface area contributed by atoms with E-state index in [1.54, 1.807) is 16.9 Å². The van der Waals surface area contributed by atoms with Gasteiger partial charge >= 0.3 is 0 Å². The molecule has 1 aliphatic rings. The van der Waals surface area contributed by atoms with Crippen LogP contribution in [0.15, 0.2) is 48.5 Å². The maximum absolute atomic E-state index is 12.5. The van der Waals surface area contributed by atoms with E-state index in [1.807, 2.05) is 48.5 Å². The number of anilines is 1. The third kappa shape index (κ3) is 4.17. The minimum absolute atomic E-state index is 0.0207. The summed E-state index contributed by atoms with van der Waals surface area (Å²) in [5.74, 6) is 0.648. The van der Waals surface area contributed by atoms with Crippen molar-refractivity contribution in [1.29, 1.82) is 0 Å². The van der Waals surface area contributed by atoms with Crippen molar-refractivity contribution in [3.05, 3.63) is 59.1 Å². The van der Waals surface area contributed by atoms with Crippen molar-refractivity contribution in [2.45, 2.75) is 12.8 Å². The predicted octanol–water partition coefficient (Wildman–Crippen LogP) is 3.16. The van der Waals surface area contributed by atoms with E-state index in [0.717, 1.165) is 17.0 Å². The van der Waals surface area contributed by atoms with Crippen molar-refractivity contribution in [1.82, 2.24) is 4.90 Å². The van der Waals surface area contributed by atoms with Crippen LogP contribution in [0.1, 0.15) is 12.0 Å². The van der Waals surface area contributed by atoms with Gasteiger partial charge in [-0.15, -0.1) is 0 Å². The van der Waals surface area contributed by atoms with Gasteiger partial charge in [-0.3, -0.25) is 9.59 Å². The van der Waals surface area contributed by atoms with Crippen molar-refractivity contribution in [2.75, 3.05) is 31.6 Å². The second kappa shape index (κ2) is 8.23. The smallest absolute Gasteiger partial charge is 0.246 e. The Balaban J connectivity index is 1.56. The summed E-state index contributed by atoms with van der Waals surface area (Å²) in [6, 6.07) is 14.9. The van der Waals surface area contributed by atoms with Crippen molar-refractivity contribution >= 4 is 29.1 Å². The molecule has 0 bridgehead atoms. The van der Waals surface area contributed by atoms with Crippen LogP contribution in [0.5, 0.6) is 5.75 Å². The van der Waals surface area contributed by atoms with Gasteiger partial charge in [0.1, 0.15) is 12.3 Å². The molecule has 2 aromatic carbocycles. The van der Waals surface area contributed by atoms with Crippen LogP contribution >= 0.6 is 11.6 Å². The van der Waals surface area contributed by atoms with Gasteiger partial charge in [0.25, 0.3) is 0 Å². The largest absolute Gasteiger partial charge is 0.497 e. The van der Waals surface area contributed by atoms with Crippen LogP contribution in [0, 0.1) is 0 Å². The van der Waals surface area contributed by atoms with E-state index < -0.39 is 0 Å². The highest BCUT2D eigenvalue weighted by atomic mass is 35.5. The Kier molecular flexibility index (Phi) is 5.78. The number of ether oxygens (including phenoxy) is 1. The number of hydrogen-bond donors (Lipinski definition) is 0. The molecule has 0 saturated carbocycles. The molecule has 0 radical (unpaired) electrons. The average molecular weight is 373 g/mol. The number of hydrogen-bond acceptors (Lipinski definition) is 3. The SMILES string of the molecule is COc1ccc(N2CCN(C(=O)CCc3ccccc3Cl)CC2=O)cc1. The molecule has 3 rings (SSSR count). The predicted molar refractivity (Wildman–Crippen MR) is 102 cm³/mol. The Labute approximate surface area is 158 Å². The van der Waals surface area contributed by atoms with Crippen LogP contribution in [0.25, 0.3) is 0 Å². The van der Waals surface area contributed by atoms with Gasteiger partial charge < -0.3 is 14.5 Å². The first-order chi connectivity index (χ1) is 12.6. The Morgan fingerprint density at radius 2 is 1.85 bits per heavy atom. The molecular formula is C20H21ClN2O3. The number of amides is 2. The molecular weight excluding hydrogens is 352 g/mol. The van der Waals surface area contributed by atoms with Crippen LogP contribution in [-0.2, 0) is 16.0 Å². The number of piperazine rings is 1. The van der Waals surface area contributed by atoms with E-state index in [9.17, 15) is 9.59 Å². The first kappa shape index (κ1) is 18.3. The molecule has 5 nitrogen and oxygen atoms in total. The summed E-state index contributed by atoms with van der Waals surface area (Å²) in [5, 5.41) is 0.667. The minimum Gasteiger partial charge on any atom is -0.497 e. The first-order valence-corrected chi connectivity index (χ1v) is 8.92. The van der Waals surface area contributed by atoms with Crippen LogP contribution in [-0.4, -0.2) is 43.5 Å². The number of methoxy groups -OCH3 is 1. The second-order valence-electron chi connectivity index (χ2n) is 6.15. The molecule has 2 aromatic rings. The number of rotatable bonds is 5. The molecule has 2 amide bonds. The van der Waals surface area contributed by atoms with Crippen LogP contribution in [0.4, 0.5) is 5.69 Å². The Morgan fingerprint density at radius 3 is 2.50 bits per heavy atom. The zero-order valence-corrected chi connectivity index (χ0v) is 15.4. The fraction of sp³-hybridized carbons (Fsp3) is 0.300. The number of carbonyl (C=O) groups is 2. The molecule has 0 aliphatic carbocycles. The van der Waals surface area contributed by atoms with E-state index >= 15 is 0 Å². The molecule has 1 aliphatic heterocycles. The Bertz CT molecular complexity index is 792. The maximum atomic E-state index is 12.5. The molecule has 1 heterocycles. The third-order valence-corrected chi connectivity index (χ3v) is 4.89. The van der Waals surface area contributed by atoms with Gasteiger partial charge in [-0.1, -0.05) is 29.8 Å². The fourth-order valence-electron chi connectivity index (χ4n) is 3.02. The normalized spacial score (nSPS) is 14.5. The molecule has 0 aromatic heterocycles. The van der Waals surface area contributed by atoms with Gasteiger partial charge in [-0.2, -0.15) is 0 Å². The summed E-state index contributed by atoms with van der Waals surface area (Å²) in [5.41, 5.74) is 1.77. The summed E-state index contributed by atoms with van der Waals surface area (Å²) in [6.45, 7) is 1.12. The molecule has 136 valence electrons. The number of carbonyl (C=O) groups excluding carboxylic acids is 2. The quantitative estimate of drug-likeness (QED) is 0.810. The summed E-state index contributed by atoms with van der Waals surface area (Å²) >= 11 is 6.13. The van der Waals surface area contributed by atoms with Gasteiger partial charge in [0, 0.05) is 30.2 Å². The molecule has 0 unspecified atom stereocenters. The molecule has 1 saturated heterocycles. The summed E-state index contributed by atoms with van der Waals surface area (Å²) in [4.78, 5) is 28.3. The Morgan fingerprint density at radius 1 is 1.12 bits per heavy atom. The van der Waals surface area contributed by atoms with Gasteiger partial charge in [0.15, 0.2) is 0 Å². The summed E-state index contributed by atoms with van der Waals surface area (Å²) in [6.07, 6.45) is 0.922. The van der Waals surface area contributed by atoms with Gasteiger partial charge in [-0.05, 0) is 42.3 Å². The molecule has 1 fully saturated rings. The second-order valence-corrected chi connectivity index (χ2v) is 6.56. The average Bonchev–Trinajstić information content (AvgIpc) is 2.67. The molecule has 26 heavy (non-hydrogen) atoms. The van der Waals surface area contributed by atoms with Gasteiger partial charge in [0.2, 0.25) is 11.8 Å². The topological polar surface area (TPSA) is 49.9 Å². The van der Waals surface area contributed by atoms with Crippen molar-refractivity contribution in [3.63, 3.8) is 0 Å². The molecule has 6 heteroatoms. The lowest BCUT2D eigenvalue weighted by Crippen LogP contribution is -2.52. The van der Waals surface area contributed by atoms with Crippen molar-refractivity contribution < 1.29 is 14.3 Å². The van der Waals surface area contributed by atoms with Gasteiger partial charge in [0.05, 0.1) is 7.11 Å². The van der Waals surface area contributed by atoms with E-state index in [-0.39, 0.29) is 18.4 Å². The summed E-state index contributed by atoms with van der Waals surface area (Å²) < 4.78 is 5.14. The zero-order valence-electron chi connectivity index (χ0n) is 14.7. The monoisotopic (exact) mass is 372 g/mol. The number of aryl methyl sites for hydroxylation is 1. The third-order valence-electron chi connectivity index (χ3n) is 4.52. The number of benzene rings is 2. The lowest BCUT2D eigenvalue weighted by atomic mass is 10.1. The van der Waals surface area contributed by atoms with E-state index in [4.69, 9.17) is 16.3 Å². The zero-order chi connectivity index (χ0) is 18.5. The van der Waals surface area contributed by atoms with Crippen LogP contribution in [0.3, 0.4) is 0 Å². The lowest BCUT2D eigenvalue weighted by molar-refractivity contribution is -0.136. The van der Waals surface area contributed by atoms with Gasteiger partial charge in [-0.25, -0.2) is 0 Å². The fourth-order valence-corrected chi connectivity index (χ4v) is 3.25. The van der Waals surface area contributed by atoms with Crippen LogP contribution in [0.2, 0.25) is 5.02 Å². The van der Waals surface area contributed by atoms with E-state index in [1.165, 1.54) is 0 Å². The highest BCUT2D eigenvalue weighted by molar-refractivity contribution is 6.31. The first-order valence-electron chi connectivity index (χ1n) is 8.54. The number of halogens is 1. The minimum atomic E-state index is -0.0764. The highest BCUT2D eigenvalue weighted by Gasteiger charge is 2.27. The molecule has 0 N–H and O–H groups in total.